The van der Waals surface area contributed by atoms with E-state index >= 15 is 0 Å². The average molecular weight is 334 g/mol. The molecule has 1 aromatic rings. The lowest BCUT2D eigenvalue weighted by Crippen LogP contribution is -2.30. The first-order chi connectivity index (χ1) is 8.54. The third-order valence-corrected chi connectivity index (χ3v) is 3.11. The SMILES string of the molecule is CCNC(=O)CCNC(=O)c1cc(Cl)ccc1Br. The van der Waals surface area contributed by atoms with Gasteiger partial charge in [-0.3, -0.25) is 9.59 Å². The van der Waals surface area contributed by atoms with E-state index < -0.39 is 0 Å². The zero-order chi connectivity index (χ0) is 13.5. The van der Waals surface area contributed by atoms with Crippen LogP contribution in [0.15, 0.2) is 22.7 Å². The number of halogens is 2. The second kappa shape index (κ2) is 7.38. The van der Waals surface area contributed by atoms with Crippen LogP contribution in [0.2, 0.25) is 5.02 Å². The normalized spacial score (nSPS) is 9.94. The van der Waals surface area contributed by atoms with Crippen molar-refractivity contribution in [2.45, 2.75) is 13.3 Å². The Hall–Kier alpha value is -1.07. The molecule has 0 saturated heterocycles. The molecule has 0 atom stereocenters. The molecule has 0 heterocycles. The first-order valence-electron chi connectivity index (χ1n) is 5.54. The van der Waals surface area contributed by atoms with Crippen molar-refractivity contribution in [3.63, 3.8) is 0 Å². The number of rotatable bonds is 5. The first-order valence-corrected chi connectivity index (χ1v) is 6.71. The largest absolute Gasteiger partial charge is 0.356 e. The second-order valence-electron chi connectivity index (χ2n) is 3.58. The standard InChI is InChI=1S/C12H14BrClN2O2/c1-2-15-11(17)5-6-16-12(18)9-7-8(14)3-4-10(9)13/h3-4,7H,2,5-6H2,1H3,(H,15,17)(H,16,18). The molecule has 2 amide bonds. The summed E-state index contributed by atoms with van der Waals surface area (Å²) in [7, 11) is 0. The summed E-state index contributed by atoms with van der Waals surface area (Å²) >= 11 is 9.10. The van der Waals surface area contributed by atoms with Crippen molar-refractivity contribution < 1.29 is 9.59 Å². The molecule has 18 heavy (non-hydrogen) atoms. The van der Waals surface area contributed by atoms with Gasteiger partial charge in [0.15, 0.2) is 0 Å². The van der Waals surface area contributed by atoms with E-state index in [-0.39, 0.29) is 18.2 Å². The van der Waals surface area contributed by atoms with Gasteiger partial charge in [0.25, 0.3) is 5.91 Å². The fourth-order valence-corrected chi connectivity index (χ4v) is 1.94. The van der Waals surface area contributed by atoms with Gasteiger partial charge in [-0.2, -0.15) is 0 Å². The van der Waals surface area contributed by atoms with Crippen LogP contribution in [0.25, 0.3) is 0 Å². The quantitative estimate of drug-likeness (QED) is 0.869. The maximum Gasteiger partial charge on any atom is 0.252 e. The third kappa shape index (κ3) is 4.66. The van der Waals surface area contributed by atoms with E-state index in [2.05, 4.69) is 26.6 Å². The number of benzene rings is 1. The highest BCUT2D eigenvalue weighted by Crippen LogP contribution is 2.20. The molecule has 98 valence electrons. The van der Waals surface area contributed by atoms with Gasteiger partial charge in [-0.15, -0.1) is 0 Å². The van der Waals surface area contributed by atoms with Crippen LogP contribution in [-0.2, 0) is 4.79 Å². The summed E-state index contributed by atoms with van der Waals surface area (Å²) in [4.78, 5) is 23.0. The summed E-state index contributed by atoms with van der Waals surface area (Å²) in [6, 6.07) is 4.98. The molecule has 0 fully saturated rings. The number of carbonyl (C=O) groups is 2. The molecule has 6 heteroatoms. The maximum absolute atomic E-state index is 11.8. The molecule has 1 rings (SSSR count). The maximum atomic E-state index is 11.8. The molecule has 2 N–H and O–H groups in total. The summed E-state index contributed by atoms with van der Waals surface area (Å²) < 4.78 is 0.669. The van der Waals surface area contributed by atoms with Crippen LogP contribution in [0.4, 0.5) is 0 Å². The molecule has 4 nitrogen and oxygen atoms in total. The highest BCUT2D eigenvalue weighted by atomic mass is 79.9. The van der Waals surface area contributed by atoms with Crippen molar-refractivity contribution in [2.75, 3.05) is 13.1 Å². The van der Waals surface area contributed by atoms with Crippen LogP contribution in [0.5, 0.6) is 0 Å². The molecule has 0 bridgehead atoms. The molecule has 0 aliphatic heterocycles. The fourth-order valence-electron chi connectivity index (χ4n) is 1.34. The Morgan fingerprint density at radius 2 is 2.06 bits per heavy atom. The monoisotopic (exact) mass is 332 g/mol. The molecular formula is C12H14BrClN2O2. The lowest BCUT2D eigenvalue weighted by Gasteiger charge is -2.07. The number of nitrogens with one attached hydrogen (secondary N) is 2. The van der Waals surface area contributed by atoms with E-state index in [0.717, 1.165) is 0 Å². The van der Waals surface area contributed by atoms with E-state index in [4.69, 9.17) is 11.6 Å². The van der Waals surface area contributed by atoms with Gasteiger partial charge >= 0.3 is 0 Å². The molecule has 0 radical (unpaired) electrons. The van der Waals surface area contributed by atoms with Gasteiger partial charge in [0, 0.05) is 29.0 Å². The Kier molecular flexibility index (Phi) is 6.15. The smallest absolute Gasteiger partial charge is 0.252 e. The summed E-state index contributed by atoms with van der Waals surface area (Å²) in [5.41, 5.74) is 0.457. The Labute approximate surface area is 119 Å². The average Bonchev–Trinajstić information content (AvgIpc) is 2.32. The van der Waals surface area contributed by atoms with Crippen LogP contribution >= 0.6 is 27.5 Å². The highest BCUT2D eigenvalue weighted by molar-refractivity contribution is 9.10. The Bertz CT molecular complexity index is 452. The van der Waals surface area contributed by atoms with Crippen molar-refractivity contribution in [1.82, 2.24) is 10.6 Å². The van der Waals surface area contributed by atoms with Crippen molar-refractivity contribution in [3.8, 4) is 0 Å². The minimum atomic E-state index is -0.256. The van der Waals surface area contributed by atoms with E-state index in [1.165, 1.54) is 0 Å². The summed E-state index contributed by atoms with van der Waals surface area (Å²) in [6.07, 6.45) is 0.262. The molecule has 1 aromatic carbocycles. The lowest BCUT2D eigenvalue weighted by atomic mass is 10.2. The van der Waals surface area contributed by atoms with Crippen molar-refractivity contribution in [1.29, 1.82) is 0 Å². The Morgan fingerprint density at radius 1 is 1.33 bits per heavy atom. The zero-order valence-corrected chi connectivity index (χ0v) is 12.3. The van der Waals surface area contributed by atoms with Crippen LogP contribution in [0, 0.1) is 0 Å². The first kappa shape index (κ1) is 15.0. The van der Waals surface area contributed by atoms with Crippen LogP contribution in [-0.4, -0.2) is 24.9 Å². The van der Waals surface area contributed by atoms with Gasteiger partial charge in [-0.25, -0.2) is 0 Å². The molecule has 0 aliphatic carbocycles. The molecule has 0 unspecified atom stereocenters. The predicted octanol–water partition coefficient (Wildman–Crippen LogP) is 2.36. The highest BCUT2D eigenvalue weighted by Gasteiger charge is 2.10. The molecular weight excluding hydrogens is 320 g/mol. The summed E-state index contributed by atoms with van der Waals surface area (Å²) in [5, 5.41) is 5.82. The minimum Gasteiger partial charge on any atom is -0.356 e. The second-order valence-corrected chi connectivity index (χ2v) is 4.87. The van der Waals surface area contributed by atoms with E-state index in [1.807, 2.05) is 6.92 Å². The molecule has 0 saturated carbocycles. The topological polar surface area (TPSA) is 58.2 Å². The number of hydrogen-bond acceptors (Lipinski definition) is 2. The lowest BCUT2D eigenvalue weighted by molar-refractivity contribution is -0.120. The Morgan fingerprint density at radius 3 is 2.72 bits per heavy atom. The number of carbonyl (C=O) groups excluding carboxylic acids is 2. The van der Waals surface area contributed by atoms with Gasteiger partial charge in [-0.05, 0) is 41.1 Å². The molecule has 0 aliphatic rings. The van der Waals surface area contributed by atoms with E-state index in [9.17, 15) is 9.59 Å². The van der Waals surface area contributed by atoms with Crippen LogP contribution in [0.3, 0.4) is 0 Å². The minimum absolute atomic E-state index is 0.0806. The van der Waals surface area contributed by atoms with E-state index in [1.54, 1.807) is 18.2 Å². The number of hydrogen-bond donors (Lipinski definition) is 2. The van der Waals surface area contributed by atoms with Crippen LogP contribution in [0.1, 0.15) is 23.7 Å². The zero-order valence-electron chi connectivity index (χ0n) is 9.93. The molecule has 0 aromatic heterocycles. The molecule has 0 spiro atoms. The van der Waals surface area contributed by atoms with Gasteiger partial charge in [0.2, 0.25) is 5.91 Å². The Balaban J connectivity index is 2.50. The predicted molar refractivity (Wildman–Crippen MR) is 74.8 cm³/mol. The third-order valence-electron chi connectivity index (χ3n) is 2.18. The van der Waals surface area contributed by atoms with Gasteiger partial charge in [-0.1, -0.05) is 11.6 Å². The van der Waals surface area contributed by atoms with Gasteiger partial charge in [0.1, 0.15) is 0 Å². The van der Waals surface area contributed by atoms with Crippen LogP contribution < -0.4 is 10.6 Å². The van der Waals surface area contributed by atoms with Gasteiger partial charge < -0.3 is 10.6 Å². The van der Waals surface area contributed by atoms with Crippen molar-refractivity contribution in [3.05, 3.63) is 33.3 Å². The summed E-state index contributed by atoms with van der Waals surface area (Å²) in [5.74, 6) is -0.336. The number of amides is 2. The van der Waals surface area contributed by atoms with E-state index in [0.29, 0.717) is 28.1 Å². The fraction of sp³-hybridized carbons (Fsp3) is 0.333. The van der Waals surface area contributed by atoms with Gasteiger partial charge in [0.05, 0.1) is 5.56 Å². The van der Waals surface area contributed by atoms with Crippen molar-refractivity contribution in [2.24, 2.45) is 0 Å². The summed E-state index contributed by atoms with van der Waals surface area (Å²) in [6.45, 7) is 2.73. The van der Waals surface area contributed by atoms with Crippen molar-refractivity contribution >= 4 is 39.3 Å².